The molecule has 0 radical (unpaired) electrons. The minimum Gasteiger partial charge on any atom is -0.357 e. The first-order valence-corrected chi connectivity index (χ1v) is 14.8. The first kappa shape index (κ1) is 30.4. The number of anilines is 1. The number of hydrogen-bond donors (Lipinski definition) is 1. The number of benzene rings is 3. The molecule has 0 spiro atoms. The lowest BCUT2D eigenvalue weighted by atomic mass is 10.0. The monoisotopic (exact) mass is 593 g/mol. The van der Waals surface area contributed by atoms with Crippen LogP contribution in [0, 0.1) is 5.82 Å². The molecule has 3 rings (SSSR count). The van der Waals surface area contributed by atoms with Crippen LogP contribution in [0.2, 0.25) is 10.0 Å². The van der Waals surface area contributed by atoms with Gasteiger partial charge in [0.1, 0.15) is 11.9 Å². The van der Waals surface area contributed by atoms with E-state index in [9.17, 15) is 22.4 Å². The summed E-state index contributed by atoms with van der Waals surface area (Å²) in [5, 5.41) is 3.41. The van der Waals surface area contributed by atoms with Crippen molar-refractivity contribution in [3.05, 3.63) is 99.8 Å². The number of likely N-dealkylation sites (N-methyl/N-ethyl adjacent to an activating group) is 1. The van der Waals surface area contributed by atoms with Crippen LogP contribution in [-0.4, -0.2) is 51.0 Å². The first-order valence-electron chi connectivity index (χ1n) is 12.2. The summed E-state index contributed by atoms with van der Waals surface area (Å²) in [5.41, 5.74) is 1.36. The van der Waals surface area contributed by atoms with Crippen LogP contribution < -0.4 is 9.62 Å². The number of halogens is 3. The minimum atomic E-state index is -3.82. The summed E-state index contributed by atoms with van der Waals surface area (Å²) in [7, 11) is -2.32. The zero-order valence-corrected chi connectivity index (χ0v) is 23.9. The second-order valence-electron chi connectivity index (χ2n) is 8.97. The maximum atomic E-state index is 14.4. The van der Waals surface area contributed by atoms with Crippen LogP contribution >= 0.6 is 23.2 Å². The van der Waals surface area contributed by atoms with E-state index in [1.165, 1.54) is 36.2 Å². The molecule has 0 saturated heterocycles. The molecule has 11 heteroatoms. The Hall–Kier alpha value is -3.14. The Morgan fingerprint density at radius 2 is 1.67 bits per heavy atom. The highest BCUT2D eigenvalue weighted by Gasteiger charge is 2.30. The summed E-state index contributed by atoms with van der Waals surface area (Å²) in [6.45, 7) is -0.0900. The maximum absolute atomic E-state index is 14.4. The van der Waals surface area contributed by atoms with Crippen LogP contribution in [0.15, 0.2) is 72.8 Å². The van der Waals surface area contributed by atoms with Crippen molar-refractivity contribution in [3.63, 3.8) is 0 Å². The van der Waals surface area contributed by atoms with Crippen molar-refractivity contribution >= 4 is 50.7 Å². The zero-order valence-electron chi connectivity index (χ0n) is 21.6. The molecule has 0 aliphatic heterocycles. The highest BCUT2D eigenvalue weighted by Crippen LogP contribution is 2.25. The van der Waals surface area contributed by atoms with E-state index in [0.717, 1.165) is 16.1 Å². The van der Waals surface area contributed by atoms with Crippen LogP contribution in [0.3, 0.4) is 0 Å². The van der Waals surface area contributed by atoms with E-state index in [1.807, 2.05) is 30.3 Å². The van der Waals surface area contributed by atoms with Gasteiger partial charge in [0, 0.05) is 43.0 Å². The second kappa shape index (κ2) is 13.8. The van der Waals surface area contributed by atoms with Crippen molar-refractivity contribution in [2.75, 3.05) is 24.2 Å². The van der Waals surface area contributed by atoms with Crippen molar-refractivity contribution in [1.82, 2.24) is 10.2 Å². The number of sulfonamides is 1. The van der Waals surface area contributed by atoms with Crippen molar-refractivity contribution in [2.45, 2.75) is 31.8 Å². The zero-order chi connectivity index (χ0) is 28.6. The second-order valence-corrected chi connectivity index (χ2v) is 11.7. The molecule has 208 valence electrons. The summed E-state index contributed by atoms with van der Waals surface area (Å²) in [6, 6.07) is 18.9. The molecule has 1 atom stereocenters. The maximum Gasteiger partial charge on any atom is 0.242 e. The Kier molecular flexibility index (Phi) is 10.7. The third-order valence-corrected chi connectivity index (χ3v) is 7.91. The third-order valence-electron chi connectivity index (χ3n) is 6.15. The molecule has 0 aliphatic carbocycles. The lowest BCUT2D eigenvalue weighted by Gasteiger charge is -2.32. The van der Waals surface area contributed by atoms with Gasteiger partial charge in [0.05, 0.1) is 11.9 Å². The normalized spacial score (nSPS) is 12.0. The van der Waals surface area contributed by atoms with Crippen LogP contribution in [0.1, 0.15) is 24.0 Å². The molecule has 0 aliphatic rings. The van der Waals surface area contributed by atoms with Gasteiger partial charge in [-0.3, -0.25) is 13.9 Å². The van der Waals surface area contributed by atoms with E-state index < -0.39 is 21.9 Å². The molecule has 3 aromatic rings. The fraction of sp³-hybridized carbons (Fsp3) is 0.286. The number of para-hydroxylation sites is 1. The van der Waals surface area contributed by atoms with Gasteiger partial charge in [-0.25, -0.2) is 12.8 Å². The molecule has 0 saturated carbocycles. The molecule has 0 fully saturated rings. The number of amides is 2. The third kappa shape index (κ3) is 8.42. The van der Waals surface area contributed by atoms with E-state index in [2.05, 4.69) is 5.32 Å². The molecule has 7 nitrogen and oxygen atoms in total. The number of carbonyl (C=O) groups excluding carboxylic acids is 2. The predicted octanol–water partition coefficient (Wildman–Crippen LogP) is 5.06. The summed E-state index contributed by atoms with van der Waals surface area (Å²) in [6.07, 6.45) is 1.24. The number of nitrogens with one attached hydrogen (secondary N) is 1. The largest absolute Gasteiger partial charge is 0.357 e. The van der Waals surface area contributed by atoms with E-state index in [-0.39, 0.29) is 49.9 Å². The average Bonchev–Trinajstić information content (AvgIpc) is 2.89. The smallest absolute Gasteiger partial charge is 0.242 e. The van der Waals surface area contributed by atoms with Crippen LogP contribution in [0.25, 0.3) is 0 Å². The van der Waals surface area contributed by atoms with Gasteiger partial charge in [-0.1, -0.05) is 71.7 Å². The Morgan fingerprint density at radius 3 is 2.28 bits per heavy atom. The molecule has 3 aromatic carbocycles. The van der Waals surface area contributed by atoms with Gasteiger partial charge in [0.2, 0.25) is 21.8 Å². The van der Waals surface area contributed by atoms with E-state index >= 15 is 0 Å². The predicted molar refractivity (Wildman–Crippen MR) is 153 cm³/mol. The molecule has 0 aromatic heterocycles. The molecule has 0 bridgehead atoms. The first-order chi connectivity index (χ1) is 18.5. The summed E-state index contributed by atoms with van der Waals surface area (Å²) < 4.78 is 40.2. The molecule has 1 N–H and O–H groups in total. The fourth-order valence-corrected chi connectivity index (χ4v) is 5.62. The molecular weight excluding hydrogens is 564 g/mol. The Bertz CT molecular complexity index is 1410. The molecule has 2 amide bonds. The molecule has 39 heavy (non-hydrogen) atoms. The Morgan fingerprint density at radius 1 is 1.00 bits per heavy atom. The van der Waals surface area contributed by atoms with Crippen molar-refractivity contribution in [3.8, 4) is 0 Å². The number of nitrogens with zero attached hydrogens (tertiary/aromatic N) is 2. The van der Waals surface area contributed by atoms with Crippen molar-refractivity contribution in [1.29, 1.82) is 0 Å². The quantitative estimate of drug-likeness (QED) is 0.318. The lowest BCUT2D eigenvalue weighted by molar-refractivity contribution is -0.141. The summed E-state index contributed by atoms with van der Waals surface area (Å²) in [5.74, 6) is -1.43. The summed E-state index contributed by atoms with van der Waals surface area (Å²) >= 11 is 12.4. The number of rotatable bonds is 12. The number of carbonyl (C=O) groups is 2. The van der Waals surface area contributed by atoms with Gasteiger partial charge in [-0.2, -0.15) is 0 Å². The van der Waals surface area contributed by atoms with Gasteiger partial charge < -0.3 is 10.2 Å². The number of hydrogen-bond acceptors (Lipinski definition) is 4. The fourth-order valence-electron chi connectivity index (χ4n) is 4.19. The minimum absolute atomic E-state index is 0.0306. The Balaban J connectivity index is 1.88. The van der Waals surface area contributed by atoms with Gasteiger partial charge in [0.15, 0.2) is 0 Å². The molecule has 0 heterocycles. The highest BCUT2D eigenvalue weighted by atomic mass is 35.5. The lowest BCUT2D eigenvalue weighted by Crippen LogP contribution is -2.49. The van der Waals surface area contributed by atoms with Crippen LogP contribution in [-0.2, 0) is 32.6 Å². The van der Waals surface area contributed by atoms with Crippen LogP contribution in [0.5, 0.6) is 0 Å². The highest BCUT2D eigenvalue weighted by molar-refractivity contribution is 7.92. The van der Waals surface area contributed by atoms with Gasteiger partial charge in [0.25, 0.3) is 0 Å². The van der Waals surface area contributed by atoms with E-state index in [1.54, 1.807) is 18.2 Å². The average molecular weight is 595 g/mol. The topological polar surface area (TPSA) is 86.8 Å². The van der Waals surface area contributed by atoms with Gasteiger partial charge in [-0.05, 0) is 41.8 Å². The SMILES string of the molecule is CNC(=O)[C@H](Cc1ccccc1)N(Cc1ccc(Cl)cc1Cl)C(=O)CCCN(c1ccccc1F)S(C)(=O)=O. The molecular formula is C28H30Cl2FN3O4S. The van der Waals surface area contributed by atoms with E-state index in [4.69, 9.17) is 23.2 Å². The van der Waals surface area contributed by atoms with E-state index in [0.29, 0.717) is 15.6 Å². The van der Waals surface area contributed by atoms with Gasteiger partial charge >= 0.3 is 0 Å². The van der Waals surface area contributed by atoms with Crippen molar-refractivity contribution in [2.24, 2.45) is 0 Å². The Labute approximate surface area is 238 Å². The van der Waals surface area contributed by atoms with Gasteiger partial charge in [-0.15, -0.1) is 0 Å². The van der Waals surface area contributed by atoms with Crippen LogP contribution in [0.4, 0.5) is 10.1 Å². The standard InChI is InChI=1S/C28H30Cl2FN3O4S/c1-32-28(36)26(17-20-9-4-3-5-10-20)33(19-21-14-15-22(29)18-23(21)30)27(35)13-8-16-34(39(2,37)38)25-12-7-6-11-24(25)31/h3-7,9-12,14-15,18,26H,8,13,16-17,19H2,1-2H3,(H,32,36)/t26-/m0/s1. The summed E-state index contributed by atoms with van der Waals surface area (Å²) in [4.78, 5) is 28.1. The van der Waals surface area contributed by atoms with Crippen molar-refractivity contribution < 1.29 is 22.4 Å². The molecule has 0 unspecified atom stereocenters.